The van der Waals surface area contributed by atoms with Gasteiger partial charge in [0, 0.05) is 38.1 Å². The summed E-state index contributed by atoms with van der Waals surface area (Å²) < 4.78 is 13.1. The molecule has 0 aliphatic carbocycles. The highest BCUT2D eigenvalue weighted by Gasteiger charge is 2.26. The van der Waals surface area contributed by atoms with E-state index in [2.05, 4.69) is 32.8 Å². The fourth-order valence-electron chi connectivity index (χ4n) is 5.16. The Kier molecular flexibility index (Phi) is 8.06. The first-order valence-electron chi connectivity index (χ1n) is 11.9. The molecule has 2 aliphatic heterocycles. The van der Waals surface area contributed by atoms with E-state index in [0.29, 0.717) is 0 Å². The van der Waals surface area contributed by atoms with Crippen LogP contribution in [-0.4, -0.2) is 72.0 Å². The number of rotatable bonds is 8. The zero-order valence-electron chi connectivity index (χ0n) is 18.9. The molecule has 0 amide bonds. The lowest BCUT2D eigenvalue weighted by molar-refractivity contribution is 0.0929. The van der Waals surface area contributed by atoms with Crippen molar-refractivity contribution in [1.82, 2.24) is 19.7 Å². The van der Waals surface area contributed by atoms with Crippen LogP contribution in [0.15, 0.2) is 48.8 Å². The molecule has 0 atom stereocenters. The van der Waals surface area contributed by atoms with Crippen LogP contribution in [0.5, 0.6) is 0 Å². The quantitative estimate of drug-likeness (QED) is 0.637. The van der Waals surface area contributed by atoms with Crippen LogP contribution in [0.2, 0.25) is 0 Å². The fourth-order valence-corrected chi connectivity index (χ4v) is 5.16. The van der Waals surface area contributed by atoms with Gasteiger partial charge in [-0.2, -0.15) is 0 Å². The van der Waals surface area contributed by atoms with Crippen molar-refractivity contribution in [3.05, 3.63) is 65.7 Å². The van der Waals surface area contributed by atoms with Gasteiger partial charge in [-0.1, -0.05) is 18.2 Å². The molecule has 2 saturated heterocycles. The molecule has 31 heavy (non-hydrogen) atoms. The molecule has 168 valence electrons. The van der Waals surface area contributed by atoms with Gasteiger partial charge in [0.25, 0.3) is 0 Å². The van der Waals surface area contributed by atoms with E-state index in [4.69, 9.17) is 0 Å². The number of hydrogen-bond donors (Lipinski definition) is 0. The molecule has 4 nitrogen and oxygen atoms in total. The van der Waals surface area contributed by atoms with Crippen LogP contribution in [0, 0.1) is 11.7 Å². The predicted molar refractivity (Wildman–Crippen MR) is 124 cm³/mol. The van der Waals surface area contributed by atoms with Crippen LogP contribution < -0.4 is 0 Å². The maximum absolute atomic E-state index is 13.1. The summed E-state index contributed by atoms with van der Waals surface area (Å²) in [5, 5.41) is 0. The Morgan fingerprint density at radius 1 is 0.935 bits per heavy atom. The monoisotopic (exact) mass is 424 g/mol. The molecule has 5 heteroatoms. The van der Waals surface area contributed by atoms with E-state index >= 15 is 0 Å². The van der Waals surface area contributed by atoms with Crippen LogP contribution in [0.25, 0.3) is 0 Å². The molecule has 0 spiro atoms. The van der Waals surface area contributed by atoms with E-state index in [1.807, 2.05) is 30.6 Å². The van der Waals surface area contributed by atoms with Gasteiger partial charge in [0.15, 0.2) is 0 Å². The number of pyridine rings is 1. The molecule has 2 aliphatic rings. The van der Waals surface area contributed by atoms with E-state index in [0.717, 1.165) is 31.5 Å². The molecular formula is C26H37FN4. The number of benzene rings is 1. The van der Waals surface area contributed by atoms with Gasteiger partial charge in [-0.05, 0) is 101 Å². The molecule has 1 aromatic carbocycles. The van der Waals surface area contributed by atoms with E-state index in [1.165, 1.54) is 69.5 Å². The first-order chi connectivity index (χ1) is 15.2. The molecule has 0 bridgehead atoms. The average molecular weight is 425 g/mol. The van der Waals surface area contributed by atoms with Crippen molar-refractivity contribution in [2.24, 2.45) is 5.92 Å². The van der Waals surface area contributed by atoms with Gasteiger partial charge >= 0.3 is 0 Å². The fraction of sp³-hybridized carbons (Fsp3) is 0.577. The lowest BCUT2D eigenvalue weighted by Gasteiger charge is -2.39. The van der Waals surface area contributed by atoms with Gasteiger partial charge in [-0.25, -0.2) is 4.39 Å². The highest BCUT2D eigenvalue weighted by Crippen LogP contribution is 2.23. The lowest BCUT2D eigenvalue weighted by atomic mass is 9.94. The van der Waals surface area contributed by atoms with Crippen LogP contribution >= 0.6 is 0 Å². The van der Waals surface area contributed by atoms with E-state index in [9.17, 15) is 4.39 Å². The first kappa shape index (κ1) is 22.4. The van der Waals surface area contributed by atoms with E-state index in [-0.39, 0.29) is 5.82 Å². The van der Waals surface area contributed by atoms with Gasteiger partial charge in [0.2, 0.25) is 0 Å². The van der Waals surface area contributed by atoms with E-state index < -0.39 is 0 Å². The third-order valence-corrected chi connectivity index (χ3v) is 7.19. The summed E-state index contributed by atoms with van der Waals surface area (Å²) in [7, 11) is 2.34. The minimum absolute atomic E-state index is 0.146. The van der Waals surface area contributed by atoms with Crippen molar-refractivity contribution in [2.45, 2.75) is 44.7 Å². The van der Waals surface area contributed by atoms with Crippen LogP contribution in [0.3, 0.4) is 0 Å². The second kappa shape index (κ2) is 11.2. The Labute approximate surface area is 187 Å². The second-order valence-electron chi connectivity index (χ2n) is 9.47. The van der Waals surface area contributed by atoms with Crippen molar-refractivity contribution in [1.29, 1.82) is 0 Å². The molecule has 0 N–H and O–H groups in total. The Balaban J connectivity index is 1.12. The maximum atomic E-state index is 13.1. The number of aromatic nitrogens is 1. The van der Waals surface area contributed by atoms with Gasteiger partial charge in [0.05, 0.1) is 0 Å². The molecule has 0 unspecified atom stereocenters. The third-order valence-electron chi connectivity index (χ3n) is 7.19. The van der Waals surface area contributed by atoms with Gasteiger partial charge in [-0.15, -0.1) is 0 Å². The maximum Gasteiger partial charge on any atom is 0.123 e. The third kappa shape index (κ3) is 6.83. The van der Waals surface area contributed by atoms with Gasteiger partial charge in [-0.3, -0.25) is 9.88 Å². The van der Waals surface area contributed by atoms with Crippen molar-refractivity contribution in [3.8, 4) is 0 Å². The number of nitrogens with zero attached hydrogens (tertiary/aromatic N) is 4. The molecule has 3 heterocycles. The van der Waals surface area contributed by atoms with Gasteiger partial charge in [0.1, 0.15) is 5.82 Å². The standard InChI is InChI=1S/C26H37FN4/c1-29(26-11-17-31(18-12-26)21-24-3-2-13-28-19-24)20-23-9-15-30(16-10-23)14-8-22-4-6-25(27)7-5-22/h2-7,13,19,23,26H,8-12,14-18,20-21H2,1H3. The summed E-state index contributed by atoms with van der Waals surface area (Å²) in [5.74, 6) is 0.674. The topological polar surface area (TPSA) is 22.6 Å². The number of hydrogen-bond acceptors (Lipinski definition) is 4. The number of piperidine rings is 2. The summed E-state index contributed by atoms with van der Waals surface area (Å²) in [4.78, 5) is 12.0. The van der Waals surface area contributed by atoms with Gasteiger partial charge < -0.3 is 9.80 Å². The Morgan fingerprint density at radius 3 is 2.32 bits per heavy atom. The summed E-state index contributed by atoms with van der Waals surface area (Å²) in [5.41, 5.74) is 2.55. The van der Waals surface area contributed by atoms with Crippen molar-refractivity contribution in [2.75, 3.05) is 46.3 Å². The minimum atomic E-state index is -0.146. The minimum Gasteiger partial charge on any atom is -0.303 e. The summed E-state index contributed by atoms with van der Waals surface area (Å²) >= 11 is 0. The highest BCUT2D eigenvalue weighted by atomic mass is 19.1. The molecule has 2 fully saturated rings. The lowest BCUT2D eigenvalue weighted by Crippen LogP contribution is -2.46. The van der Waals surface area contributed by atoms with Crippen molar-refractivity contribution >= 4 is 0 Å². The zero-order chi connectivity index (χ0) is 21.5. The first-order valence-corrected chi connectivity index (χ1v) is 11.9. The van der Waals surface area contributed by atoms with E-state index in [1.54, 1.807) is 12.1 Å². The smallest absolute Gasteiger partial charge is 0.123 e. The van der Waals surface area contributed by atoms with Crippen molar-refractivity contribution in [3.63, 3.8) is 0 Å². The van der Waals surface area contributed by atoms with Crippen molar-refractivity contribution < 1.29 is 4.39 Å². The molecule has 4 rings (SSSR count). The zero-order valence-corrected chi connectivity index (χ0v) is 18.9. The average Bonchev–Trinajstić information content (AvgIpc) is 2.81. The molecule has 0 radical (unpaired) electrons. The molecular weight excluding hydrogens is 387 g/mol. The Morgan fingerprint density at radius 2 is 1.65 bits per heavy atom. The molecule has 2 aromatic rings. The summed E-state index contributed by atoms with van der Waals surface area (Å²) in [6.45, 7) is 8.12. The molecule has 0 saturated carbocycles. The largest absolute Gasteiger partial charge is 0.303 e. The second-order valence-corrected chi connectivity index (χ2v) is 9.47. The Hall–Kier alpha value is -1.82. The van der Waals surface area contributed by atoms with Crippen LogP contribution in [-0.2, 0) is 13.0 Å². The predicted octanol–water partition coefficient (Wildman–Crippen LogP) is 4.07. The Bertz CT molecular complexity index is 766. The summed E-state index contributed by atoms with van der Waals surface area (Å²) in [6, 6.07) is 11.9. The van der Waals surface area contributed by atoms with Crippen LogP contribution in [0.4, 0.5) is 4.39 Å². The molecule has 1 aromatic heterocycles. The normalized spacial score (nSPS) is 19.8. The summed E-state index contributed by atoms with van der Waals surface area (Å²) in [6.07, 6.45) is 10.00. The number of likely N-dealkylation sites (tertiary alicyclic amines) is 2. The SMILES string of the molecule is CN(CC1CCN(CCc2ccc(F)cc2)CC1)C1CCN(Cc2cccnc2)CC1. The van der Waals surface area contributed by atoms with Crippen LogP contribution in [0.1, 0.15) is 36.8 Å². The number of halogens is 1. The highest BCUT2D eigenvalue weighted by molar-refractivity contribution is 5.16.